The molecule has 1 atom stereocenters. The first kappa shape index (κ1) is 17.7. The molecule has 6 heteroatoms. The van der Waals surface area contributed by atoms with Crippen LogP contribution in [0.1, 0.15) is 43.2 Å². The van der Waals surface area contributed by atoms with E-state index in [2.05, 4.69) is 42.2 Å². The summed E-state index contributed by atoms with van der Waals surface area (Å²) >= 11 is 1.64. The SMILES string of the molecule is Cc1nc(SC(C)c2nc3ccccc3c(=O)[nH]2)n(CC(C)C)c1C. The smallest absolute Gasteiger partial charge is 0.258 e. The molecule has 0 saturated heterocycles. The number of fused-ring (bicyclic) bond motifs is 1. The fourth-order valence-corrected chi connectivity index (χ4v) is 3.87. The average molecular weight is 356 g/mol. The number of imidazole rings is 1. The molecule has 2 aromatic heterocycles. The van der Waals surface area contributed by atoms with Gasteiger partial charge in [-0.15, -0.1) is 0 Å². The lowest BCUT2D eigenvalue weighted by molar-refractivity contribution is 0.486. The van der Waals surface area contributed by atoms with Crippen LogP contribution in [0.15, 0.2) is 34.2 Å². The quantitative estimate of drug-likeness (QED) is 0.694. The highest BCUT2D eigenvalue weighted by Crippen LogP contribution is 2.34. The van der Waals surface area contributed by atoms with Crippen molar-refractivity contribution in [1.82, 2.24) is 19.5 Å². The van der Waals surface area contributed by atoms with Crippen molar-refractivity contribution in [3.63, 3.8) is 0 Å². The average Bonchev–Trinajstić information content (AvgIpc) is 2.82. The Hall–Kier alpha value is -2.08. The van der Waals surface area contributed by atoms with Crippen molar-refractivity contribution in [2.45, 2.75) is 51.6 Å². The lowest BCUT2D eigenvalue weighted by Gasteiger charge is -2.15. The predicted octanol–water partition coefficient (Wildman–Crippen LogP) is 4.25. The second-order valence-electron chi connectivity index (χ2n) is 6.80. The second kappa shape index (κ2) is 7.04. The van der Waals surface area contributed by atoms with E-state index >= 15 is 0 Å². The zero-order valence-corrected chi connectivity index (χ0v) is 16.1. The topological polar surface area (TPSA) is 63.6 Å². The van der Waals surface area contributed by atoms with Crippen molar-refractivity contribution in [3.05, 3.63) is 51.8 Å². The number of rotatable bonds is 5. The largest absolute Gasteiger partial charge is 0.323 e. The molecule has 3 aromatic rings. The van der Waals surface area contributed by atoms with Gasteiger partial charge in [0.15, 0.2) is 5.16 Å². The zero-order chi connectivity index (χ0) is 18.1. The van der Waals surface area contributed by atoms with Crippen LogP contribution in [-0.4, -0.2) is 19.5 Å². The molecule has 0 aliphatic carbocycles. The number of nitrogens with one attached hydrogen (secondary N) is 1. The fraction of sp³-hybridized carbons (Fsp3) is 0.421. The summed E-state index contributed by atoms with van der Waals surface area (Å²) in [4.78, 5) is 24.6. The van der Waals surface area contributed by atoms with Gasteiger partial charge >= 0.3 is 0 Å². The van der Waals surface area contributed by atoms with E-state index in [9.17, 15) is 4.79 Å². The summed E-state index contributed by atoms with van der Waals surface area (Å²) in [5.41, 5.74) is 2.89. The highest BCUT2D eigenvalue weighted by molar-refractivity contribution is 7.99. The van der Waals surface area contributed by atoms with Crippen molar-refractivity contribution in [2.75, 3.05) is 0 Å². The molecule has 132 valence electrons. The van der Waals surface area contributed by atoms with Crippen LogP contribution in [-0.2, 0) is 6.54 Å². The molecular weight excluding hydrogens is 332 g/mol. The molecule has 3 rings (SSSR count). The predicted molar refractivity (Wildman–Crippen MR) is 103 cm³/mol. The lowest BCUT2D eigenvalue weighted by atomic mass is 10.2. The molecule has 0 bridgehead atoms. The number of nitrogens with zero attached hydrogens (tertiary/aromatic N) is 3. The van der Waals surface area contributed by atoms with Gasteiger partial charge in [0.2, 0.25) is 0 Å². The minimum Gasteiger partial charge on any atom is -0.323 e. The molecule has 1 aromatic carbocycles. The van der Waals surface area contributed by atoms with Gasteiger partial charge in [-0.2, -0.15) is 0 Å². The third-order valence-electron chi connectivity index (χ3n) is 4.27. The minimum absolute atomic E-state index is 0.00409. The van der Waals surface area contributed by atoms with E-state index in [1.54, 1.807) is 17.8 Å². The molecule has 0 aliphatic heterocycles. The second-order valence-corrected chi connectivity index (χ2v) is 8.11. The minimum atomic E-state index is -0.0917. The summed E-state index contributed by atoms with van der Waals surface area (Å²) in [5.74, 6) is 1.23. The maximum atomic E-state index is 12.3. The van der Waals surface area contributed by atoms with Crippen LogP contribution in [0.25, 0.3) is 10.9 Å². The molecule has 0 spiro atoms. The first-order valence-corrected chi connectivity index (χ1v) is 9.44. The summed E-state index contributed by atoms with van der Waals surface area (Å²) in [6.45, 7) is 11.5. The van der Waals surface area contributed by atoms with Crippen LogP contribution in [0.4, 0.5) is 0 Å². The van der Waals surface area contributed by atoms with Crippen molar-refractivity contribution in [1.29, 1.82) is 0 Å². The number of aromatic amines is 1. The van der Waals surface area contributed by atoms with Crippen LogP contribution < -0.4 is 5.56 Å². The molecule has 0 radical (unpaired) electrons. The number of aryl methyl sites for hydroxylation is 1. The number of para-hydroxylation sites is 1. The van der Waals surface area contributed by atoms with Gasteiger partial charge in [0.25, 0.3) is 5.56 Å². The summed E-state index contributed by atoms with van der Waals surface area (Å²) in [6, 6.07) is 7.42. The number of H-pyrrole nitrogens is 1. The first-order chi connectivity index (χ1) is 11.9. The third kappa shape index (κ3) is 3.63. The first-order valence-electron chi connectivity index (χ1n) is 8.56. The van der Waals surface area contributed by atoms with Crippen molar-refractivity contribution >= 4 is 22.7 Å². The van der Waals surface area contributed by atoms with Crippen molar-refractivity contribution in [2.24, 2.45) is 5.92 Å². The number of aromatic nitrogens is 4. The van der Waals surface area contributed by atoms with E-state index < -0.39 is 0 Å². The third-order valence-corrected chi connectivity index (χ3v) is 5.37. The Kier molecular flexibility index (Phi) is 4.99. The van der Waals surface area contributed by atoms with E-state index in [1.807, 2.05) is 25.1 Å². The van der Waals surface area contributed by atoms with Crippen molar-refractivity contribution in [3.8, 4) is 0 Å². The van der Waals surface area contributed by atoms with Gasteiger partial charge in [-0.1, -0.05) is 37.7 Å². The van der Waals surface area contributed by atoms with Gasteiger partial charge in [-0.3, -0.25) is 4.79 Å². The molecule has 0 fully saturated rings. The number of hydrogen-bond acceptors (Lipinski definition) is 4. The van der Waals surface area contributed by atoms with Crippen LogP contribution >= 0.6 is 11.8 Å². The molecule has 2 heterocycles. The molecule has 25 heavy (non-hydrogen) atoms. The number of hydrogen-bond donors (Lipinski definition) is 1. The molecule has 1 N–H and O–H groups in total. The Bertz CT molecular complexity index is 958. The Morgan fingerprint density at radius 1 is 1.16 bits per heavy atom. The van der Waals surface area contributed by atoms with Crippen LogP contribution in [0.5, 0.6) is 0 Å². The summed E-state index contributed by atoms with van der Waals surface area (Å²) in [7, 11) is 0. The van der Waals surface area contributed by atoms with E-state index in [0.717, 1.165) is 22.9 Å². The van der Waals surface area contributed by atoms with Crippen molar-refractivity contribution < 1.29 is 0 Å². The van der Waals surface area contributed by atoms with Gasteiger partial charge in [0.1, 0.15) is 5.82 Å². The molecule has 1 unspecified atom stereocenters. The molecular formula is C19H24N4OS. The maximum absolute atomic E-state index is 12.3. The maximum Gasteiger partial charge on any atom is 0.258 e. The summed E-state index contributed by atoms with van der Waals surface area (Å²) < 4.78 is 2.26. The highest BCUT2D eigenvalue weighted by Gasteiger charge is 2.18. The fourth-order valence-electron chi connectivity index (χ4n) is 2.80. The summed E-state index contributed by atoms with van der Waals surface area (Å²) in [6.07, 6.45) is 0. The monoisotopic (exact) mass is 356 g/mol. The van der Waals surface area contributed by atoms with E-state index in [4.69, 9.17) is 4.98 Å². The number of thioether (sulfide) groups is 1. The Morgan fingerprint density at radius 2 is 1.88 bits per heavy atom. The standard InChI is InChI=1S/C19H24N4OS/c1-11(2)10-23-13(4)12(3)20-19(23)25-14(5)17-21-16-9-7-6-8-15(16)18(24)22-17/h6-9,11,14H,10H2,1-5H3,(H,21,22,24). The molecule has 0 aliphatic rings. The van der Waals surface area contributed by atoms with E-state index in [-0.39, 0.29) is 10.8 Å². The Labute approximate surface area is 151 Å². The van der Waals surface area contributed by atoms with Crippen LogP contribution in [0.2, 0.25) is 0 Å². The molecule has 0 amide bonds. The van der Waals surface area contributed by atoms with Gasteiger partial charge in [0, 0.05) is 12.2 Å². The van der Waals surface area contributed by atoms with Gasteiger partial charge < -0.3 is 9.55 Å². The van der Waals surface area contributed by atoms with E-state index in [0.29, 0.717) is 17.1 Å². The zero-order valence-electron chi connectivity index (χ0n) is 15.3. The molecule has 5 nitrogen and oxygen atoms in total. The van der Waals surface area contributed by atoms with Gasteiger partial charge in [0.05, 0.1) is 21.8 Å². The molecule has 0 saturated carbocycles. The normalized spacial score (nSPS) is 12.9. The van der Waals surface area contributed by atoms with E-state index in [1.165, 1.54) is 5.69 Å². The van der Waals surface area contributed by atoms with Gasteiger partial charge in [-0.05, 0) is 38.8 Å². The summed E-state index contributed by atoms with van der Waals surface area (Å²) in [5, 5.41) is 1.60. The van der Waals surface area contributed by atoms with Crippen LogP contribution in [0, 0.1) is 19.8 Å². The lowest BCUT2D eigenvalue weighted by Crippen LogP contribution is -2.13. The highest BCUT2D eigenvalue weighted by atomic mass is 32.2. The van der Waals surface area contributed by atoms with Gasteiger partial charge in [-0.25, -0.2) is 9.97 Å². The Balaban J connectivity index is 1.94. The van der Waals surface area contributed by atoms with Crippen LogP contribution in [0.3, 0.4) is 0 Å². The number of benzene rings is 1. The Morgan fingerprint density at radius 3 is 2.60 bits per heavy atom.